The molecule has 2 amide bonds. The summed E-state index contributed by atoms with van der Waals surface area (Å²) in [6.07, 6.45) is 9.79. The first kappa shape index (κ1) is 30.3. The molecule has 236 valence electrons. The van der Waals surface area contributed by atoms with Crippen molar-refractivity contribution in [1.29, 1.82) is 0 Å². The molecule has 0 bridgehead atoms. The molecule has 0 heterocycles. The van der Waals surface area contributed by atoms with Crippen LogP contribution < -0.4 is 10.1 Å². The van der Waals surface area contributed by atoms with E-state index >= 15 is 0 Å². The van der Waals surface area contributed by atoms with E-state index in [2.05, 4.69) is 81.5 Å². The summed E-state index contributed by atoms with van der Waals surface area (Å²) in [5, 5.41) is 3.09. The minimum atomic E-state index is -0.595. The van der Waals surface area contributed by atoms with E-state index in [1.807, 2.05) is 18.2 Å². The van der Waals surface area contributed by atoms with Gasteiger partial charge in [0.25, 0.3) is 0 Å². The van der Waals surface area contributed by atoms with Gasteiger partial charge in [0.05, 0.1) is 10.8 Å². The van der Waals surface area contributed by atoms with E-state index in [9.17, 15) is 9.59 Å². The van der Waals surface area contributed by atoms with Crippen molar-refractivity contribution in [2.24, 2.45) is 22.7 Å². The Bertz CT molecular complexity index is 1610. The maximum Gasteiger partial charge on any atom is 0.232 e. The van der Waals surface area contributed by atoms with Crippen LogP contribution in [0, 0.1) is 29.6 Å². The molecular weight excluding hydrogens is 554 g/mol. The summed E-state index contributed by atoms with van der Waals surface area (Å²) in [4.78, 5) is 28.7. The third-order valence-corrected chi connectivity index (χ3v) is 12.8. The molecule has 45 heavy (non-hydrogen) atoms. The zero-order chi connectivity index (χ0) is 31.4. The van der Waals surface area contributed by atoms with Crippen molar-refractivity contribution in [2.75, 3.05) is 0 Å². The molecule has 2 saturated carbocycles. The minimum absolute atomic E-state index is 0.0420. The Morgan fingerprint density at radius 2 is 1.53 bits per heavy atom. The van der Waals surface area contributed by atoms with E-state index in [1.165, 1.54) is 27.8 Å². The van der Waals surface area contributed by atoms with Gasteiger partial charge in [-0.1, -0.05) is 93.8 Å². The summed E-state index contributed by atoms with van der Waals surface area (Å²) >= 11 is 0. The topological polar surface area (TPSA) is 55.4 Å². The van der Waals surface area contributed by atoms with E-state index in [1.54, 1.807) is 0 Å². The molecule has 0 aromatic heterocycles. The average Bonchev–Trinajstić information content (AvgIpc) is 3.04. The number of nitrogens with one attached hydrogen (secondary N) is 1. The predicted octanol–water partition coefficient (Wildman–Crippen LogP) is 8.76. The molecule has 0 aliphatic heterocycles. The Kier molecular flexibility index (Phi) is 7.69. The molecular formula is C41H49NO3. The van der Waals surface area contributed by atoms with Crippen LogP contribution >= 0.6 is 0 Å². The van der Waals surface area contributed by atoms with Crippen molar-refractivity contribution in [3.63, 3.8) is 0 Å². The molecule has 3 aromatic carbocycles. The van der Waals surface area contributed by atoms with Crippen molar-refractivity contribution < 1.29 is 14.3 Å². The standard InChI is InChI=1S/C41H49NO3/c1-27-13-14-29-16-19-34-32(33(29)24-27)12-8-21-40(34,3)37(43)42-38(44)41(4)23-9-22-39(2)35-25-31(18-15-30(35)17-20-36(39)41)45-26-28-10-6-5-7-11-28/h5-7,10-11,13-15,18,24-25,32,34,36H,8-9,12,16-17,19-23,26H2,1-4H3,(H,42,43,44)/t32-,34-,36-,39-,40+,41+/m1/s1. The number of carbonyl (C=O) groups excluding carboxylic acids is 2. The molecule has 7 rings (SSSR count). The van der Waals surface area contributed by atoms with Crippen LogP contribution in [0.4, 0.5) is 0 Å². The van der Waals surface area contributed by atoms with Crippen molar-refractivity contribution in [3.8, 4) is 5.75 Å². The molecule has 3 aromatic rings. The Morgan fingerprint density at radius 3 is 2.36 bits per heavy atom. The van der Waals surface area contributed by atoms with Crippen LogP contribution in [0.15, 0.2) is 66.7 Å². The molecule has 4 heteroatoms. The lowest BCUT2D eigenvalue weighted by atomic mass is 9.49. The number of rotatable bonds is 5. The van der Waals surface area contributed by atoms with Crippen LogP contribution in [-0.2, 0) is 34.5 Å². The average molecular weight is 604 g/mol. The number of aryl methyl sites for hydroxylation is 3. The molecule has 0 saturated heterocycles. The summed E-state index contributed by atoms with van der Waals surface area (Å²) in [5.41, 5.74) is 6.76. The number of carbonyl (C=O) groups is 2. The SMILES string of the molecule is Cc1ccc2c(c1)[C@H]1CCC[C@](C)(C(=O)NC(=O)[C@@]3(C)CCC[C@]4(C)c5cc(OCc6ccccc6)ccc5CC[C@@H]34)[C@@H]1CC2. The van der Waals surface area contributed by atoms with Crippen molar-refractivity contribution in [2.45, 2.75) is 110 Å². The highest BCUT2D eigenvalue weighted by molar-refractivity contribution is 6.00. The van der Waals surface area contributed by atoms with E-state index in [4.69, 9.17) is 4.74 Å². The normalized spacial score (nSPS) is 31.9. The minimum Gasteiger partial charge on any atom is -0.489 e. The van der Waals surface area contributed by atoms with Gasteiger partial charge in [-0.3, -0.25) is 14.9 Å². The first-order valence-corrected chi connectivity index (χ1v) is 17.4. The maximum absolute atomic E-state index is 14.4. The smallest absolute Gasteiger partial charge is 0.232 e. The van der Waals surface area contributed by atoms with E-state index in [0.717, 1.165) is 75.5 Å². The molecule has 4 nitrogen and oxygen atoms in total. The van der Waals surface area contributed by atoms with Gasteiger partial charge >= 0.3 is 0 Å². The highest BCUT2D eigenvalue weighted by Crippen LogP contribution is 2.58. The van der Waals surface area contributed by atoms with Gasteiger partial charge in [-0.25, -0.2) is 0 Å². The van der Waals surface area contributed by atoms with Crippen LogP contribution in [0.5, 0.6) is 5.75 Å². The van der Waals surface area contributed by atoms with Gasteiger partial charge in [-0.15, -0.1) is 0 Å². The highest BCUT2D eigenvalue weighted by atomic mass is 16.5. The summed E-state index contributed by atoms with van der Waals surface area (Å²) in [6.45, 7) is 9.35. The number of benzene rings is 3. The van der Waals surface area contributed by atoms with E-state index in [-0.39, 0.29) is 29.1 Å². The van der Waals surface area contributed by atoms with Gasteiger partial charge < -0.3 is 4.74 Å². The predicted molar refractivity (Wildman–Crippen MR) is 179 cm³/mol. The van der Waals surface area contributed by atoms with Crippen LogP contribution in [0.2, 0.25) is 0 Å². The van der Waals surface area contributed by atoms with Gasteiger partial charge in [0.15, 0.2) is 0 Å². The lowest BCUT2D eigenvalue weighted by Crippen LogP contribution is -2.58. The van der Waals surface area contributed by atoms with Crippen LogP contribution in [-0.4, -0.2) is 11.8 Å². The molecule has 0 unspecified atom stereocenters. The molecule has 4 aliphatic carbocycles. The van der Waals surface area contributed by atoms with Gasteiger partial charge in [-0.2, -0.15) is 0 Å². The van der Waals surface area contributed by atoms with Crippen LogP contribution in [0.1, 0.15) is 111 Å². The Balaban J connectivity index is 1.11. The van der Waals surface area contributed by atoms with E-state index < -0.39 is 10.8 Å². The molecule has 2 fully saturated rings. The van der Waals surface area contributed by atoms with Crippen LogP contribution in [0.3, 0.4) is 0 Å². The third kappa shape index (κ3) is 5.13. The molecule has 0 spiro atoms. The fraction of sp³-hybridized carbons (Fsp3) is 0.512. The van der Waals surface area contributed by atoms with Gasteiger partial charge in [-0.05, 0) is 121 Å². The van der Waals surface area contributed by atoms with Gasteiger partial charge in [0.2, 0.25) is 11.8 Å². The fourth-order valence-electron chi connectivity index (χ4n) is 10.2. The van der Waals surface area contributed by atoms with Crippen molar-refractivity contribution >= 4 is 11.8 Å². The Labute approximate surface area is 269 Å². The zero-order valence-electron chi connectivity index (χ0n) is 27.6. The number of imide groups is 1. The number of fused-ring (bicyclic) bond motifs is 6. The lowest BCUT2D eigenvalue weighted by molar-refractivity contribution is -0.149. The number of amides is 2. The summed E-state index contributed by atoms with van der Waals surface area (Å²) in [5.74, 6) is 1.62. The maximum atomic E-state index is 14.4. The number of hydrogen-bond donors (Lipinski definition) is 1. The van der Waals surface area contributed by atoms with Crippen molar-refractivity contribution in [3.05, 3.63) is 100 Å². The quantitative estimate of drug-likeness (QED) is 0.297. The second-order valence-corrected chi connectivity index (χ2v) is 15.4. The number of ether oxygens (including phenoxy) is 1. The third-order valence-electron chi connectivity index (χ3n) is 12.8. The molecule has 1 N–H and O–H groups in total. The second-order valence-electron chi connectivity index (χ2n) is 15.4. The first-order valence-electron chi connectivity index (χ1n) is 17.4. The Morgan fingerprint density at radius 1 is 0.800 bits per heavy atom. The van der Waals surface area contributed by atoms with Crippen molar-refractivity contribution in [1.82, 2.24) is 5.32 Å². The highest BCUT2D eigenvalue weighted by Gasteiger charge is 2.56. The fourth-order valence-corrected chi connectivity index (χ4v) is 10.2. The zero-order valence-corrected chi connectivity index (χ0v) is 27.6. The molecule has 4 aliphatic rings. The molecule has 6 atom stereocenters. The summed E-state index contributed by atoms with van der Waals surface area (Å²) < 4.78 is 6.26. The van der Waals surface area contributed by atoms with Crippen LogP contribution in [0.25, 0.3) is 0 Å². The van der Waals surface area contributed by atoms with E-state index in [0.29, 0.717) is 12.5 Å². The first-order chi connectivity index (χ1) is 21.6. The van der Waals surface area contributed by atoms with Gasteiger partial charge in [0.1, 0.15) is 12.4 Å². The molecule has 0 radical (unpaired) electrons. The summed E-state index contributed by atoms with van der Waals surface area (Å²) in [7, 11) is 0. The lowest BCUT2D eigenvalue weighted by Gasteiger charge is -2.54. The Hall–Kier alpha value is -3.40. The summed E-state index contributed by atoms with van der Waals surface area (Å²) in [6, 6.07) is 23.7. The second kappa shape index (κ2) is 11.4. The monoisotopic (exact) mass is 603 g/mol. The van der Waals surface area contributed by atoms with Gasteiger partial charge in [0, 0.05) is 0 Å². The number of hydrogen-bond acceptors (Lipinski definition) is 3. The largest absolute Gasteiger partial charge is 0.489 e.